The van der Waals surface area contributed by atoms with Crippen LogP contribution in [0.4, 0.5) is 4.79 Å². The number of nitrogens with one attached hydrogen (secondary N) is 1. The Morgan fingerprint density at radius 2 is 1.94 bits per heavy atom. The summed E-state index contributed by atoms with van der Waals surface area (Å²) in [5.74, 6) is -1.11. The molecule has 104 valence electrons. The maximum atomic E-state index is 11.6. The summed E-state index contributed by atoms with van der Waals surface area (Å²) in [6.07, 6.45) is 0.0682. The molecule has 0 aromatic heterocycles. The summed E-state index contributed by atoms with van der Waals surface area (Å²) in [5, 5.41) is 20.9. The minimum Gasteiger partial charge on any atom is -0.480 e. The molecule has 18 heavy (non-hydrogen) atoms. The van der Waals surface area contributed by atoms with Crippen molar-refractivity contribution in [2.24, 2.45) is 5.41 Å². The molecular weight excluding hydrogens is 238 g/mol. The fraction of sp³-hybridized carbons (Fsp3) is 0.833. The van der Waals surface area contributed by atoms with Crippen molar-refractivity contribution in [3.8, 4) is 0 Å². The molecule has 0 heterocycles. The molecule has 1 fully saturated rings. The van der Waals surface area contributed by atoms with Gasteiger partial charge in [0.15, 0.2) is 0 Å². The first-order valence-electron chi connectivity index (χ1n) is 6.10. The minimum absolute atomic E-state index is 0.528. The van der Waals surface area contributed by atoms with E-state index in [1.807, 2.05) is 0 Å². The van der Waals surface area contributed by atoms with Gasteiger partial charge in [-0.15, -0.1) is 0 Å². The standard InChI is InChI=1S/C12H21NO5/c1-12(2,3)9(10(15)16)13-11(17)18-8-6-4-5-7(8)14/h7-9,14H,4-6H2,1-3H3,(H,13,17)(H,15,16)/t7-,8-,9+/m1/s1. The zero-order valence-corrected chi connectivity index (χ0v) is 11.0. The molecule has 0 saturated heterocycles. The number of carboxylic acids is 1. The Hall–Kier alpha value is -1.30. The molecule has 1 amide bonds. The van der Waals surface area contributed by atoms with Gasteiger partial charge < -0.3 is 20.3 Å². The lowest BCUT2D eigenvalue weighted by Gasteiger charge is -2.28. The second kappa shape index (κ2) is 5.56. The predicted molar refractivity (Wildman–Crippen MR) is 64.1 cm³/mol. The average molecular weight is 259 g/mol. The van der Waals surface area contributed by atoms with Crippen molar-refractivity contribution >= 4 is 12.1 Å². The largest absolute Gasteiger partial charge is 0.480 e. The molecular formula is C12H21NO5. The fourth-order valence-electron chi connectivity index (χ4n) is 1.98. The van der Waals surface area contributed by atoms with E-state index in [4.69, 9.17) is 9.84 Å². The number of carbonyl (C=O) groups is 2. The monoisotopic (exact) mass is 259 g/mol. The summed E-state index contributed by atoms with van der Waals surface area (Å²) in [7, 11) is 0. The van der Waals surface area contributed by atoms with E-state index in [1.165, 1.54) is 0 Å². The molecule has 1 saturated carbocycles. The van der Waals surface area contributed by atoms with Crippen molar-refractivity contribution in [1.29, 1.82) is 0 Å². The molecule has 3 N–H and O–H groups in total. The van der Waals surface area contributed by atoms with Gasteiger partial charge in [-0.3, -0.25) is 0 Å². The third kappa shape index (κ3) is 3.87. The zero-order valence-electron chi connectivity index (χ0n) is 11.0. The van der Waals surface area contributed by atoms with Gasteiger partial charge in [0.05, 0.1) is 6.10 Å². The van der Waals surface area contributed by atoms with Gasteiger partial charge in [-0.1, -0.05) is 20.8 Å². The van der Waals surface area contributed by atoms with Crippen molar-refractivity contribution in [1.82, 2.24) is 5.32 Å². The van der Waals surface area contributed by atoms with Gasteiger partial charge in [-0.2, -0.15) is 0 Å². The van der Waals surface area contributed by atoms with Gasteiger partial charge >= 0.3 is 12.1 Å². The molecule has 0 bridgehead atoms. The SMILES string of the molecule is CC(C)(C)[C@@H](NC(=O)O[C@@H]1CCC[C@H]1O)C(=O)O. The molecule has 1 aliphatic rings. The number of aliphatic carboxylic acids is 1. The smallest absolute Gasteiger partial charge is 0.408 e. The van der Waals surface area contributed by atoms with Gasteiger partial charge in [0.1, 0.15) is 12.1 Å². The predicted octanol–water partition coefficient (Wildman–Crippen LogP) is 1.13. The normalized spacial score (nSPS) is 25.6. The Kier molecular flexibility index (Phi) is 4.56. The van der Waals surface area contributed by atoms with E-state index in [9.17, 15) is 14.7 Å². The Balaban J connectivity index is 2.54. The van der Waals surface area contributed by atoms with Crippen LogP contribution in [0.2, 0.25) is 0 Å². The van der Waals surface area contributed by atoms with Crippen LogP contribution in [0.1, 0.15) is 40.0 Å². The number of aliphatic hydroxyl groups excluding tert-OH is 1. The number of carbonyl (C=O) groups excluding carboxylic acids is 1. The summed E-state index contributed by atoms with van der Waals surface area (Å²) in [4.78, 5) is 22.7. The van der Waals surface area contributed by atoms with Gasteiger partial charge in [0, 0.05) is 0 Å². The summed E-state index contributed by atoms with van der Waals surface area (Å²) in [6, 6.07) is -1.02. The van der Waals surface area contributed by atoms with Crippen molar-refractivity contribution in [3.05, 3.63) is 0 Å². The van der Waals surface area contributed by atoms with E-state index in [0.717, 1.165) is 6.42 Å². The van der Waals surface area contributed by atoms with Crippen molar-refractivity contribution < 1.29 is 24.5 Å². The second-order valence-electron chi connectivity index (χ2n) is 5.72. The first kappa shape index (κ1) is 14.8. The van der Waals surface area contributed by atoms with Crippen LogP contribution in [-0.2, 0) is 9.53 Å². The Bertz CT molecular complexity index is 323. The lowest BCUT2D eigenvalue weighted by atomic mass is 9.87. The molecule has 0 radical (unpaired) electrons. The molecule has 0 aliphatic heterocycles. The first-order chi connectivity index (χ1) is 8.21. The molecule has 1 aliphatic carbocycles. The number of ether oxygens (including phenoxy) is 1. The highest BCUT2D eigenvalue weighted by Gasteiger charge is 2.35. The molecule has 0 aromatic carbocycles. The van der Waals surface area contributed by atoms with Crippen LogP contribution in [0.15, 0.2) is 0 Å². The molecule has 3 atom stereocenters. The van der Waals surface area contributed by atoms with Crippen LogP contribution in [0, 0.1) is 5.41 Å². The topological polar surface area (TPSA) is 95.9 Å². The third-order valence-corrected chi connectivity index (χ3v) is 3.05. The van der Waals surface area contributed by atoms with Crippen LogP contribution >= 0.6 is 0 Å². The van der Waals surface area contributed by atoms with Gasteiger partial charge in [-0.25, -0.2) is 9.59 Å². The van der Waals surface area contributed by atoms with Crippen molar-refractivity contribution in [3.63, 3.8) is 0 Å². The zero-order chi connectivity index (χ0) is 13.9. The van der Waals surface area contributed by atoms with Crippen molar-refractivity contribution in [2.75, 3.05) is 0 Å². The summed E-state index contributed by atoms with van der Waals surface area (Å²) < 4.78 is 5.04. The second-order valence-corrected chi connectivity index (χ2v) is 5.72. The lowest BCUT2D eigenvalue weighted by Crippen LogP contribution is -2.50. The number of hydrogen-bond donors (Lipinski definition) is 3. The number of alkyl carbamates (subject to hydrolysis) is 1. The molecule has 0 spiro atoms. The van der Waals surface area contributed by atoms with Crippen LogP contribution in [0.3, 0.4) is 0 Å². The quantitative estimate of drug-likeness (QED) is 0.706. The molecule has 6 heteroatoms. The van der Waals surface area contributed by atoms with E-state index < -0.39 is 35.7 Å². The van der Waals surface area contributed by atoms with Gasteiger partial charge in [-0.05, 0) is 24.7 Å². The Morgan fingerprint density at radius 3 is 2.33 bits per heavy atom. The maximum Gasteiger partial charge on any atom is 0.408 e. The van der Waals surface area contributed by atoms with E-state index in [2.05, 4.69) is 5.32 Å². The van der Waals surface area contributed by atoms with Crippen LogP contribution in [-0.4, -0.2) is 40.5 Å². The van der Waals surface area contributed by atoms with Gasteiger partial charge in [0.2, 0.25) is 0 Å². The average Bonchev–Trinajstić information content (AvgIpc) is 2.59. The highest BCUT2D eigenvalue weighted by Crippen LogP contribution is 2.23. The number of aliphatic hydroxyl groups is 1. The number of rotatable bonds is 3. The Labute approximate surface area is 106 Å². The molecule has 0 unspecified atom stereocenters. The van der Waals surface area contributed by atoms with E-state index in [1.54, 1.807) is 20.8 Å². The molecule has 1 rings (SSSR count). The number of carboxylic acid groups (broad SMARTS) is 1. The highest BCUT2D eigenvalue weighted by atomic mass is 16.6. The number of hydrogen-bond acceptors (Lipinski definition) is 4. The Morgan fingerprint density at radius 1 is 1.33 bits per heavy atom. The lowest BCUT2D eigenvalue weighted by molar-refractivity contribution is -0.142. The van der Waals surface area contributed by atoms with Crippen LogP contribution in [0.25, 0.3) is 0 Å². The molecule has 0 aromatic rings. The van der Waals surface area contributed by atoms with E-state index >= 15 is 0 Å². The summed E-state index contributed by atoms with van der Waals surface area (Å²) >= 11 is 0. The van der Waals surface area contributed by atoms with Crippen molar-refractivity contribution in [2.45, 2.75) is 58.3 Å². The summed E-state index contributed by atoms with van der Waals surface area (Å²) in [6.45, 7) is 5.16. The number of amides is 1. The van der Waals surface area contributed by atoms with E-state index in [-0.39, 0.29) is 0 Å². The highest BCUT2D eigenvalue weighted by molar-refractivity contribution is 5.80. The third-order valence-electron chi connectivity index (χ3n) is 3.05. The summed E-state index contributed by atoms with van der Waals surface area (Å²) in [5.41, 5.74) is -0.612. The minimum atomic E-state index is -1.11. The molecule has 6 nitrogen and oxygen atoms in total. The van der Waals surface area contributed by atoms with Gasteiger partial charge in [0.25, 0.3) is 0 Å². The van der Waals surface area contributed by atoms with Crippen LogP contribution < -0.4 is 5.32 Å². The first-order valence-corrected chi connectivity index (χ1v) is 6.10. The van der Waals surface area contributed by atoms with Crippen LogP contribution in [0.5, 0.6) is 0 Å². The van der Waals surface area contributed by atoms with E-state index in [0.29, 0.717) is 12.8 Å². The fourth-order valence-corrected chi connectivity index (χ4v) is 1.98. The maximum absolute atomic E-state index is 11.6.